The van der Waals surface area contributed by atoms with Crippen molar-refractivity contribution in [3.8, 4) is 0 Å². The molecule has 1 aliphatic rings. The van der Waals surface area contributed by atoms with Crippen LogP contribution < -0.4 is 5.73 Å². The minimum Gasteiger partial charge on any atom is -0.368 e. The van der Waals surface area contributed by atoms with Crippen molar-refractivity contribution in [1.82, 2.24) is 0 Å². The maximum atomic E-state index is 6.53. The van der Waals surface area contributed by atoms with Crippen LogP contribution in [0.1, 0.15) is 69.2 Å². The van der Waals surface area contributed by atoms with Crippen LogP contribution in [0, 0.1) is 18.3 Å². The van der Waals surface area contributed by atoms with Crippen LogP contribution in [0.15, 0.2) is 12.1 Å². The molecule has 1 aromatic rings. The summed E-state index contributed by atoms with van der Waals surface area (Å²) in [6, 6.07) is 4.45. The SMILES string of the molecule is CCC(N)C(OC1CC(C)CC(C)(C)C1)c1ccc(C)s1. The summed E-state index contributed by atoms with van der Waals surface area (Å²) in [6.07, 6.45) is 4.96. The fraction of sp³-hybridized carbons (Fsp3) is 0.778. The molecule has 0 amide bonds. The highest BCUT2D eigenvalue weighted by Gasteiger charge is 2.35. The van der Waals surface area contributed by atoms with Gasteiger partial charge in [-0.15, -0.1) is 11.3 Å². The number of hydrogen-bond acceptors (Lipinski definition) is 3. The van der Waals surface area contributed by atoms with Gasteiger partial charge in [-0.3, -0.25) is 0 Å². The lowest BCUT2D eigenvalue weighted by atomic mass is 9.71. The van der Waals surface area contributed by atoms with Crippen molar-refractivity contribution >= 4 is 11.3 Å². The Bertz CT molecular complexity index is 454. The van der Waals surface area contributed by atoms with Crippen molar-refractivity contribution in [1.29, 1.82) is 0 Å². The summed E-state index contributed by atoms with van der Waals surface area (Å²) in [5.74, 6) is 0.738. The molecule has 1 fully saturated rings. The van der Waals surface area contributed by atoms with E-state index < -0.39 is 0 Å². The van der Waals surface area contributed by atoms with Crippen molar-refractivity contribution in [2.75, 3.05) is 0 Å². The van der Waals surface area contributed by atoms with Crippen molar-refractivity contribution in [3.05, 3.63) is 21.9 Å². The molecule has 2 rings (SSSR count). The number of nitrogens with two attached hydrogens (primary N) is 1. The van der Waals surface area contributed by atoms with Crippen LogP contribution in [0.4, 0.5) is 0 Å². The predicted molar refractivity (Wildman–Crippen MR) is 91.7 cm³/mol. The molecule has 0 aliphatic heterocycles. The molecule has 0 bridgehead atoms. The first-order valence-corrected chi connectivity index (χ1v) is 9.09. The van der Waals surface area contributed by atoms with Crippen LogP contribution in [0.25, 0.3) is 0 Å². The van der Waals surface area contributed by atoms with E-state index in [-0.39, 0.29) is 12.1 Å². The van der Waals surface area contributed by atoms with Gasteiger partial charge in [0.05, 0.1) is 6.10 Å². The lowest BCUT2D eigenvalue weighted by molar-refractivity contribution is -0.0747. The van der Waals surface area contributed by atoms with E-state index >= 15 is 0 Å². The van der Waals surface area contributed by atoms with Gasteiger partial charge in [0.15, 0.2) is 0 Å². The van der Waals surface area contributed by atoms with Gasteiger partial charge in [-0.25, -0.2) is 0 Å². The third kappa shape index (κ3) is 4.54. The summed E-state index contributed by atoms with van der Waals surface area (Å²) in [5, 5.41) is 0. The number of rotatable bonds is 5. The molecule has 120 valence electrons. The Hall–Kier alpha value is -0.380. The molecule has 1 heterocycles. The van der Waals surface area contributed by atoms with Crippen LogP contribution in [0.3, 0.4) is 0 Å². The molecule has 4 unspecified atom stereocenters. The quantitative estimate of drug-likeness (QED) is 0.824. The molecule has 1 aromatic heterocycles. The number of hydrogen-bond donors (Lipinski definition) is 1. The molecule has 0 radical (unpaired) electrons. The van der Waals surface area contributed by atoms with Gasteiger partial charge >= 0.3 is 0 Å². The maximum absolute atomic E-state index is 6.53. The van der Waals surface area contributed by atoms with E-state index in [2.05, 4.69) is 46.8 Å². The Kier molecular flexibility index (Phi) is 5.50. The average molecular weight is 310 g/mol. The van der Waals surface area contributed by atoms with Crippen LogP contribution in [0.2, 0.25) is 0 Å². The zero-order chi connectivity index (χ0) is 15.6. The standard InChI is InChI=1S/C18H31NOS/c1-6-15(19)17(16-8-7-13(3)21-16)20-14-9-12(2)10-18(4,5)11-14/h7-8,12,14-15,17H,6,9-11,19H2,1-5H3. The largest absolute Gasteiger partial charge is 0.368 e. The van der Waals surface area contributed by atoms with Gasteiger partial charge in [0, 0.05) is 15.8 Å². The van der Waals surface area contributed by atoms with Gasteiger partial charge in [-0.1, -0.05) is 27.7 Å². The summed E-state index contributed by atoms with van der Waals surface area (Å²) in [6.45, 7) is 11.4. The second-order valence-electron chi connectivity index (χ2n) is 7.61. The lowest BCUT2D eigenvalue weighted by Crippen LogP contribution is -2.37. The van der Waals surface area contributed by atoms with Crippen LogP contribution in [0.5, 0.6) is 0 Å². The fourth-order valence-corrected chi connectivity index (χ4v) is 4.76. The van der Waals surface area contributed by atoms with Gasteiger partial charge < -0.3 is 10.5 Å². The topological polar surface area (TPSA) is 35.2 Å². The molecule has 1 saturated carbocycles. The summed E-state index contributed by atoms with van der Waals surface area (Å²) < 4.78 is 6.53. The van der Waals surface area contributed by atoms with E-state index in [1.807, 2.05) is 11.3 Å². The molecule has 4 atom stereocenters. The maximum Gasteiger partial charge on any atom is 0.107 e. The summed E-state index contributed by atoms with van der Waals surface area (Å²) in [7, 11) is 0. The highest BCUT2D eigenvalue weighted by atomic mass is 32.1. The van der Waals surface area contributed by atoms with Crippen molar-refractivity contribution in [3.63, 3.8) is 0 Å². The lowest BCUT2D eigenvalue weighted by Gasteiger charge is -2.40. The fourth-order valence-electron chi connectivity index (χ4n) is 3.77. The average Bonchev–Trinajstić information content (AvgIpc) is 2.79. The monoisotopic (exact) mass is 309 g/mol. The molecular formula is C18H31NOS. The molecule has 21 heavy (non-hydrogen) atoms. The van der Waals surface area contributed by atoms with Crippen molar-refractivity contribution in [2.24, 2.45) is 17.1 Å². The second kappa shape index (κ2) is 6.80. The first-order chi connectivity index (χ1) is 9.80. The Morgan fingerprint density at radius 1 is 1.38 bits per heavy atom. The van der Waals surface area contributed by atoms with E-state index in [0.717, 1.165) is 18.8 Å². The summed E-state index contributed by atoms with van der Waals surface area (Å²) in [5.41, 5.74) is 6.74. The molecule has 2 N–H and O–H groups in total. The molecule has 0 spiro atoms. The van der Waals surface area contributed by atoms with Gasteiger partial charge in [0.2, 0.25) is 0 Å². The van der Waals surface area contributed by atoms with Crippen LogP contribution >= 0.6 is 11.3 Å². The molecule has 0 saturated heterocycles. The van der Waals surface area contributed by atoms with Crippen molar-refractivity contribution < 1.29 is 4.74 Å². The van der Waals surface area contributed by atoms with E-state index in [1.165, 1.54) is 22.6 Å². The summed E-state index contributed by atoms with van der Waals surface area (Å²) in [4.78, 5) is 2.62. The highest BCUT2D eigenvalue weighted by molar-refractivity contribution is 7.12. The minimum absolute atomic E-state index is 0.0554. The molecule has 2 nitrogen and oxygen atoms in total. The zero-order valence-corrected chi connectivity index (χ0v) is 15.0. The first-order valence-electron chi connectivity index (χ1n) is 8.28. The van der Waals surface area contributed by atoms with Crippen LogP contribution in [-0.4, -0.2) is 12.1 Å². The number of thiophene rings is 1. The van der Waals surface area contributed by atoms with Gasteiger partial charge in [-0.05, 0) is 56.1 Å². The summed E-state index contributed by atoms with van der Waals surface area (Å²) >= 11 is 1.82. The van der Waals surface area contributed by atoms with E-state index in [1.54, 1.807) is 0 Å². The third-order valence-corrected chi connectivity index (χ3v) is 5.65. The van der Waals surface area contributed by atoms with Crippen LogP contribution in [-0.2, 0) is 4.74 Å². The zero-order valence-electron chi connectivity index (χ0n) is 14.2. The van der Waals surface area contributed by atoms with E-state index in [4.69, 9.17) is 10.5 Å². The first kappa shape index (κ1) is 17.0. The normalized spacial score (nSPS) is 28.3. The predicted octanol–water partition coefficient (Wildman–Crippen LogP) is 5.07. The molecule has 1 aliphatic carbocycles. The highest BCUT2D eigenvalue weighted by Crippen LogP contribution is 2.42. The molecule has 3 heteroatoms. The minimum atomic E-state index is 0.0554. The van der Waals surface area contributed by atoms with Gasteiger partial charge in [0.25, 0.3) is 0 Å². The van der Waals surface area contributed by atoms with Gasteiger partial charge in [0.1, 0.15) is 6.10 Å². The number of aryl methyl sites for hydroxylation is 1. The Morgan fingerprint density at radius 2 is 2.10 bits per heavy atom. The Morgan fingerprint density at radius 3 is 2.62 bits per heavy atom. The Balaban J connectivity index is 2.11. The van der Waals surface area contributed by atoms with E-state index in [0.29, 0.717) is 11.5 Å². The second-order valence-corrected chi connectivity index (χ2v) is 8.93. The van der Waals surface area contributed by atoms with Crippen molar-refractivity contribution in [2.45, 2.75) is 78.6 Å². The third-order valence-electron chi connectivity index (χ3n) is 4.59. The van der Waals surface area contributed by atoms with E-state index in [9.17, 15) is 0 Å². The molecule has 0 aromatic carbocycles. The Labute approximate surface area is 134 Å². The smallest absolute Gasteiger partial charge is 0.107 e. The number of ether oxygens (including phenoxy) is 1. The van der Waals surface area contributed by atoms with Gasteiger partial charge in [-0.2, -0.15) is 0 Å². The molecular weight excluding hydrogens is 278 g/mol.